The van der Waals surface area contributed by atoms with Crippen LogP contribution in [0.3, 0.4) is 0 Å². The second-order valence-electron chi connectivity index (χ2n) is 16.9. The maximum absolute atomic E-state index is 15.1. The summed E-state index contributed by atoms with van der Waals surface area (Å²) in [5.41, 5.74) is 8.76. The number of hydrogen-bond acceptors (Lipinski definition) is 11. The fraction of sp³-hybridized carbons (Fsp3) is 0.574. The Balaban J connectivity index is 1.66. The van der Waals surface area contributed by atoms with Crippen molar-refractivity contribution in [3.8, 4) is 0 Å². The van der Waals surface area contributed by atoms with E-state index in [-0.39, 0.29) is 54.4 Å². The minimum absolute atomic E-state index is 0.123. The Morgan fingerprint density at radius 3 is 2.29 bits per heavy atom. The lowest BCUT2D eigenvalue weighted by atomic mass is 9.91. The summed E-state index contributed by atoms with van der Waals surface area (Å²) in [4.78, 5) is 77.1. The number of carbonyl (C=O) groups excluding carboxylic acids is 5. The number of thiazole rings is 1. The van der Waals surface area contributed by atoms with Gasteiger partial charge in [-0.2, -0.15) is 0 Å². The molecule has 1 aromatic heterocycles. The first-order valence-corrected chi connectivity index (χ1v) is 23.0. The molecular formula is C47H69N7O7S. The fourth-order valence-electron chi connectivity index (χ4n) is 7.96. The summed E-state index contributed by atoms with van der Waals surface area (Å²) in [6.45, 7) is 13.0. The van der Waals surface area contributed by atoms with Gasteiger partial charge in [0.1, 0.15) is 16.7 Å². The zero-order valence-electron chi connectivity index (χ0n) is 37.9. The molecule has 0 spiro atoms. The van der Waals surface area contributed by atoms with Crippen molar-refractivity contribution in [1.29, 1.82) is 0 Å². The van der Waals surface area contributed by atoms with Crippen LogP contribution in [0.5, 0.6) is 0 Å². The maximum Gasteiger partial charge on any atom is 0.407 e. The van der Waals surface area contributed by atoms with Gasteiger partial charge in [-0.25, -0.2) is 9.78 Å². The Bertz CT molecular complexity index is 1890. The van der Waals surface area contributed by atoms with Crippen LogP contribution in [0.4, 0.5) is 10.5 Å². The summed E-state index contributed by atoms with van der Waals surface area (Å²) >= 11 is 1.19. The lowest BCUT2D eigenvalue weighted by molar-refractivity contribution is -0.147. The normalized spacial score (nSPS) is 17.1. The third kappa shape index (κ3) is 14.5. The van der Waals surface area contributed by atoms with Crippen molar-refractivity contribution in [3.05, 3.63) is 81.8 Å². The van der Waals surface area contributed by atoms with Crippen LogP contribution in [0, 0.1) is 17.8 Å². The lowest BCUT2D eigenvalue weighted by Crippen LogP contribution is -2.59. The average molecular weight is 876 g/mol. The van der Waals surface area contributed by atoms with E-state index in [0.29, 0.717) is 42.9 Å². The molecule has 3 aromatic rings. The fourth-order valence-corrected chi connectivity index (χ4v) is 8.79. The van der Waals surface area contributed by atoms with Gasteiger partial charge in [0, 0.05) is 43.2 Å². The molecule has 4 rings (SSSR count). The van der Waals surface area contributed by atoms with Crippen LogP contribution in [-0.2, 0) is 36.7 Å². The van der Waals surface area contributed by atoms with Gasteiger partial charge in [-0.1, -0.05) is 89.9 Å². The average Bonchev–Trinajstić information content (AvgIpc) is 3.76. The van der Waals surface area contributed by atoms with E-state index in [1.165, 1.54) is 18.4 Å². The molecule has 1 fully saturated rings. The number of likely N-dealkylation sites (N-methyl/N-ethyl adjacent to an activating group) is 1. The molecule has 0 aliphatic carbocycles. The third-order valence-corrected chi connectivity index (χ3v) is 12.8. The number of piperidine rings is 1. The summed E-state index contributed by atoms with van der Waals surface area (Å²) in [5, 5.41) is 10.8. The summed E-state index contributed by atoms with van der Waals surface area (Å²) in [6.07, 6.45) is 3.28. The molecule has 5 N–H and O–H groups in total. The van der Waals surface area contributed by atoms with Crippen LogP contribution >= 0.6 is 11.3 Å². The monoisotopic (exact) mass is 875 g/mol. The molecule has 1 aliphatic heterocycles. The number of hydrogen-bond donors (Lipinski definition) is 4. The zero-order chi connectivity index (χ0) is 45.3. The van der Waals surface area contributed by atoms with E-state index in [0.717, 1.165) is 36.9 Å². The van der Waals surface area contributed by atoms with Crippen molar-refractivity contribution < 1.29 is 33.4 Å². The molecule has 0 unspecified atom stereocenters. The number of anilines is 1. The highest BCUT2D eigenvalue weighted by Gasteiger charge is 2.39. The Hall–Kier alpha value is -5.02. The van der Waals surface area contributed by atoms with Crippen molar-refractivity contribution in [2.24, 2.45) is 17.8 Å². The highest BCUT2D eigenvalue weighted by atomic mass is 32.1. The van der Waals surface area contributed by atoms with Crippen molar-refractivity contribution in [1.82, 2.24) is 30.7 Å². The molecule has 2 heterocycles. The number of rotatable bonds is 22. The molecule has 0 radical (unpaired) electrons. The van der Waals surface area contributed by atoms with E-state index >= 15 is 4.79 Å². The zero-order valence-corrected chi connectivity index (χ0v) is 38.7. The first-order valence-electron chi connectivity index (χ1n) is 22.2. The minimum atomic E-state index is -0.933. The second-order valence-corrected chi connectivity index (χ2v) is 17.8. The number of alkyl carbamates (subject to hydrolysis) is 1. The number of ether oxygens (including phenoxy) is 2. The summed E-state index contributed by atoms with van der Waals surface area (Å²) in [6, 6.07) is 15.3. The second kappa shape index (κ2) is 24.6. The predicted octanol–water partition coefficient (Wildman–Crippen LogP) is 6.55. The topological polar surface area (TPSA) is 185 Å². The standard InChI is InChI=1S/C47H69N7O7S/c1-9-31(5)41(52-43(56)38-18-14-15-24-53(38)8)45(57)54(25-23-33-19-21-35(48)22-20-33)39(30(3)4)28-40(61-47(59)49-7)44-51-37(29-62-44)42(55)50-36(26-32(6)46(58)60-10-2)27-34-16-12-11-13-17-34/h11-13,16-17,19-22,29-32,36,38-41H,9-10,14-15,18,23-28,48H2,1-8H3,(H,49,59)(H,50,55)(H,52,56)/t31-,32-,36+,38+,39+,40+,41-/m0/s1. The van der Waals surface area contributed by atoms with Gasteiger partial charge in [-0.15, -0.1) is 11.3 Å². The van der Waals surface area contributed by atoms with Gasteiger partial charge in [0.25, 0.3) is 5.91 Å². The predicted molar refractivity (Wildman–Crippen MR) is 243 cm³/mol. The minimum Gasteiger partial charge on any atom is -0.466 e. The summed E-state index contributed by atoms with van der Waals surface area (Å²) in [7, 11) is 3.42. The number of carbonyl (C=O) groups is 5. The molecule has 15 heteroatoms. The number of aromatic nitrogens is 1. The first kappa shape index (κ1) is 49.6. The van der Waals surface area contributed by atoms with Gasteiger partial charge in [0.05, 0.1) is 18.6 Å². The lowest BCUT2D eigenvalue weighted by Gasteiger charge is -2.40. The van der Waals surface area contributed by atoms with E-state index in [2.05, 4.69) is 20.9 Å². The SMILES string of the molecule is CCOC(=O)[C@@H](C)C[C@H](Cc1ccccc1)NC(=O)c1csc([C@@H](C[C@H](C(C)C)N(CCc2ccc(N)cc2)C(=O)[C@@H](NC(=O)[C@H]2CCCCN2C)[C@@H](C)CC)OC(=O)NC)n1. The third-order valence-electron chi connectivity index (χ3n) is 11.9. The Kier molecular flexibility index (Phi) is 19.7. The number of nitrogens with one attached hydrogen (secondary N) is 3. The van der Waals surface area contributed by atoms with Crippen LogP contribution < -0.4 is 21.7 Å². The van der Waals surface area contributed by atoms with Crippen LogP contribution in [0.1, 0.15) is 113 Å². The van der Waals surface area contributed by atoms with E-state index < -0.39 is 42.1 Å². The van der Waals surface area contributed by atoms with Crippen molar-refractivity contribution in [2.75, 3.05) is 39.5 Å². The number of nitrogen functional groups attached to an aromatic ring is 1. The molecule has 4 amide bonds. The van der Waals surface area contributed by atoms with Gasteiger partial charge in [-0.05, 0) is 87.7 Å². The number of nitrogens with zero attached hydrogens (tertiary/aromatic N) is 3. The Morgan fingerprint density at radius 1 is 0.952 bits per heavy atom. The number of benzene rings is 2. The Morgan fingerprint density at radius 2 is 1.66 bits per heavy atom. The molecule has 62 heavy (non-hydrogen) atoms. The van der Waals surface area contributed by atoms with Gasteiger partial charge >= 0.3 is 12.1 Å². The van der Waals surface area contributed by atoms with Gasteiger partial charge in [0.2, 0.25) is 11.8 Å². The molecule has 0 saturated carbocycles. The molecule has 2 aromatic carbocycles. The highest BCUT2D eigenvalue weighted by molar-refractivity contribution is 7.09. The number of nitrogens with two attached hydrogens (primary N) is 1. The van der Waals surface area contributed by atoms with E-state index in [1.807, 2.05) is 94.2 Å². The van der Waals surface area contributed by atoms with Crippen molar-refractivity contribution >= 4 is 46.8 Å². The molecule has 340 valence electrons. The maximum atomic E-state index is 15.1. The highest BCUT2D eigenvalue weighted by Crippen LogP contribution is 2.32. The molecule has 7 atom stereocenters. The van der Waals surface area contributed by atoms with E-state index in [9.17, 15) is 19.2 Å². The van der Waals surface area contributed by atoms with Crippen LogP contribution in [0.15, 0.2) is 60.0 Å². The van der Waals surface area contributed by atoms with E-state index in [1.54, 1.807) is 19.2 Å². The van der Waals surface area contributed by atoms with Crippen molar-refractivity contribution in [3.63, 3.8) is 0 Å². The molecular weight excluding hydrogens is 807 g/mol. The smallest absolute Gasteiger partial charge is 0.407 e. The largest absolute Gasteiger partial charge is 0.466 e. The van der Waals surface area contributed by atoms with Gasteiger partial charge in [0.15, 0.2) is 6.10 Å². The molecule has 0 bridgehead atoms. The van der Waals surface area contributed by atoms with E-state index in [4.69, 9.17) is 20.2 Å². The van der Waals surface area contributed by atoms with Crippen LogP contribution in [0.25, 0.3) is 0 Å². The van der Waals surface area contributed by atoms with Gasteiger partial charge < -0.3 is 36.1 Å². The number of likely N-dealkylation sites (tertiary alicyclic amines) is 1. The Labute approximate surface area is 372 Å². The molecule has 14 nitrogen and oxygen atoms in total. The van der Waals surface area contributed by atoms with Gasteiger partial charge in [-0.3, -0.25) is 24.1 Å². The van der Waals surface area contributed by atoms with Crippen LogP contribution in [0.2, 0.25) is 0 Å². The first-order chi connectivity index (χ1) is 29.6. The van der Waals surface area contributed by atoms with Crippen molar-refractivity contribution in [2.45, 2.75) is 123 Å². The number of amides is 4. The summed E-state index contributed by atoms with van der Waals surface area (Å²) in [5.74, 6) is -1.88. The quantitative estimate of drug-likeness (QED) is 0.0637. The van der Waals surface area contributed by atoms with Crippen LogP contribution in [-0.4, -0.2) is 103 Å². The summed E-state index contributed by atoms with van der Waals surface area (Å²) < 4.78 is 11.3. The molecule has 1 aliphatic rings. The number of esters is 1. The molecule has 1 saturated heterocycles.